The molecule has 0 spiro atoms. The fourth-order valence-corrected chi connectivity index (χ4v) is 0.662. The first-order chi connectivity index (χ1) is 7.17. The number of hydrogen-bond acceptors (Lipinski definition) is 3. The van der Waals surface area contributed by atoms with Gasteiger partial charge in [0.15, 0.2) is 0 Å². The highest BCUT2D eigenvalue weighted by Gasteiger charge is 2.68. The van der Waals surface area contributed by atoms with E-state index < -0.39 is 30.4 Å². The number of ether oxygens (including phenoxy) is 1. The van der Waals surface area contributed by atoms with Gasteiger partial charge in [-0.3, -0.25) is 0 Å². The minimum absolute atomic E-state index is 0.223. The minimum atomic E-state index is -5.48. The first-order valence-corrected chi connectivity index (χ1v) is 4.34. The Hall–Kier alpha value is -1.34. The van der Waals surface area contributed by atoms with Crippen molar-refractivity contribution >= 4 is 11.9 Å². The van der Waals surface area contributed by atoms with Crippen LogP contribution in [0.5, 0.6) is 0 Å². The van der Waals surface area contributed by atoms with Crippen molar-refractivity contribution in [2.45, 2.75) is 31.6 Å². The molecule has 0 fully saturated rings. The zero-order valence-corrected chi connectivity index (χ0v) is 8.31. The highest BCUT2D eigenvalue weighted by Crippen LogP contribution is 2.35. The Morgan fingerprint density at radius 3 is 2.06 bits per heavy atom. The van der Waals surface area contributed by atoms with E-state index in [9.17, 15) is 27.2 Å². The second-order valence-corrected chi connectivity index (χ2v) is 2.94. The number of alkyl halides is 4. The summed E-state index contributed by atoms with van der Waals surface area (Å²) in [7, 11) is 0. The molecule has 0 rings (SSSR count). The zero-order chi connectivity index (χ0) is 13.0. The van der Waals surface area contributed by atoms with Crippen LogP contribution in [0.2, 0.25) is 0 Å². The fraction of sp³-hybridized carbons (Fsp3) is 0.750. The van der Waals surface area contributed by atoms with Gasteiger partial charge >= 0.3 is 23.8 Å². The number of aliphatic carboxylic acids is 1. The van der Waals surface area contributed by atoms with E-state index in [1.165, 1.54) is 0 Å². The number of rotatable bonds is 6. The largest absolute Gasteiger partial charge is 0.477 e. The molecule has 0 aromatic heterocycles. The molecule has 0 amide bonds. The second kappa shape index (κ2) is 5.13. The molecule has 0 unspecified atom stereocenters. The normalized spacial score (nSPS) is 12.3. The van der Waals surface area contributed by atoms with Crippen molar-refractivity contribution in [3.05, 3.63) is 0 Å². The Kier molecular flexibility index (Phi) is 4.70. The van der Waals surface area contributed by atoms with Crippen LogP contribution in [0.15, 0.2) is 0 Å². The SMILES string of the molecule is CCCCOC(=O)C(F)(F)C(F)(F)C(=O)O. The smallest absolute Gasteiger partial charge is 0.415 e. The maximum atomic E-state index is 12.7. The van der Waals surface area contributed by atoms with Gasteiger partial charge in [0.25, 0.3) is 0 Å². The van der Waals surface area contributed by atoms with Crippen LogP contribution in [0.1, 0.15) is 19.8 Å². The lowest BCUT2D eigenvalue weighted by Gasteiger charge is -2.20. The Morgan fingerprint density at radius 1 is 1.19 bits per heavy atom. The van der Waals surface area contributed by atoms with Gasteiger partial charge in [-0.1, -0.05) is 13.3 Å². The van der Waals surface area contributed by atoms with E-state index in [1.807, 2.05) is 0 Å². The minimum Gasteiger partial charge on any atom is -0.477 e. The van der Waals surface area contributed by atoms with Gasteiger partial charge < -0.3 is 9.84 Å². The molecule has 0 aliphatic heterocycles. The molecule has 1 N–H and O–H groups in total. The number of hydrogen-bond donors (Lipinski definition) is 1. The number of carboxylic acid groups (broad SMARTS) is 1. The van der Waals surface area contributed by atoms with Gasteiger partial charge in [0.2, 0.25) is 0 Å². The molecule has 0 aliphatic carbocycles. The molecule has 0 saturated carbocycles. The Labute approximate surface area is 88.2 Å². The van der Waals surface area contributed by atoms with Gasteiger partial charge in [-0.25, -0.2) is 9.59 Å². The summed E-state index contributed by atoms with van der Waals surface area (Å²) in [4.78, 5) is 20.4. The van der Waals surface area contributed by atoms with E-state index in [2.05, 4.69) is 4.74 Å². The molecule has 94 valence electrons. The van der Waals surface area contributed by atoms with Crippen LogP contribution in [-0.4, -0.2) is 35.5 Å². The van der Waals surface area contributed by atoms with E-state index in [1.54, 1.807) is 6.92 Å². The summed E-state index contributed by atoms with van der Waals surface area (Å²) < 4.78 is 54.1. The number of carbonyl (C=O) groups is 2. The third kappa shape index (κ3) is 2.83. The predicted octanol–water partition coefficient (Wildman–Crippen LogP) is 1.68. The van der Waals surface area contributed by atoms with Crippen LogP contribution >= 0.6 is 0 Å². The molecular formula is C8H10F4O4. The zero-order valence-electron chi connectivity index (χ0n) is 8.31. The summed E-state index contributed by atoms with van der Waals surface area (Å²) in [6, 6.07) is 0. The highest BCUT2D eigenvalue weighted by molar-refractivity contribution is 5.89. The molecule has 0 saturated heterocycles. The van der Waals surface area contributed by atoms with Crippen molar-refractivity contribution in [2.24, 2.45) is 0 Å². The van der Waals surface area contributed by atoms with Crippen molar-refractivity contribution in [1.82, 2.24) is 0 Å². The number of esters is 1. The lowest BCUT2D eigenvalue weighted by molar-refractivity contribution is -0.234. The topological polar surface area (TPSA) is 63.6 Å². The number of carboxylic acids is 1. The van der Waals surface area contributed by atoms with Crippen LogP contribution in [-0.2, 0) is 14.3 Å². The van der Waals surface area contributed by atoms with Crippen LogP contribution < -0.4 is 0 Å². The van der Waals surface area contributed by atoms with E-state index in [4.69, 9.17) is 5.11 Å². The van der Waals surface area contributed by atoms with Crippen molar-refractivity contribution in [3.63, 3.8) is 0 Å². The summed E-state index contributed by atoms with van der Waals surface area (Å²) in [5, 5.41) is 7.86. The first-order valence-electron chi connectivity index (χ1n) is 4.34. The Bertz CT molecular complexity index is 277. The van der Waals surface area contributed by atoms with Gasteiger partial charge in [-0.15, -0.1) is 0 Å². The first kappa shape index (κ1) is 14.7. The van der Waals surface area contributed by atoms with Gasteiger partial charge in [-0.2, -0.15) is 17.6 Å². The van der Waals surface area contributed by atoms with Crippen LogP contribution in [0.3, 0.4) is 0 Å². The number of halogens is 4. The summed E-state index contributed by atoms with van der Waals surface area (Å²) >= 11 is 0. The van der Waals surface area contributed by atoms with E-state index in [0.29, 0.717) is 6.42 Å². The number of unbranched alkanes of at least 4 members (excludes halogenated alkanes) is 1. The number of carbonyl (C=O) groups excluding carboxylic acids is 1. The van der Waals surface area contributed by atoms with E-state index in [0.717, 1.165) is 0 Å². The lowest BCUT2D eigenvalue weighted by atomic mass is 10.2. The molecule has 0 bridgehead atoms. The average molecular weight is 246 g/mol. The molecule has 0 radical (unpaired) electrons. The van der Waals surface area contributed by atoms with Crippen molar-refractivity contribution in [3.8, 4) is 0 Å². The fourth-order valence-electron chi connectivity index (χ4n) is 0.662. The van der Waals surface area contributed by atoms with Crippen molar-refractivity contribution in [2.75, 3.05) is 6.61 Å². The molecule has 0 atom stereocenters. The van der Waals surface area contributed by atoms with E-state index in [-0.39, 0.29) is 6.42 Å². The highest BCUT2D eigenvalue weighted by atomic mass is 19.3. The molecule has 0 aliphatic rings. The van der Waals surface area contributed by atoms with E-state index >= 15 is 0 Å². The monoisotopic (exact) mass is 246 g/mol. The molecule has 0 heterocycles. The van der Waals surface area contributed by atoms with Crippen LogP contribution in [0.4, 0.5) is 17.6 Å². The van der Waals surface area contributed by atoms with Gasteiger partial charge in [0.05, 0.1) is 6.61 Å². The standard InChI is InChI=1S/C8H10F4O4/c1-2-3-4-16-6(15)8(11,12)7(9,10)5(13)14/h2-4H2,1H3,(H,13,14). The van der Waals surface area contributed by atoms with Gasteiger partial charge in [0.1, 0.15) is 0 Å². The maximum Gasteiger partial charge on any atom is 0.415 e. The van der Waals surface area contributed by atoms with Crippen LogP contribution in [0, 0.1) is 0 Å². The van der Waals surface area contributed by atoms with Crippen LogP contribution in [0.25, 0.3) is 0 Å². The lowest BCUT2D eigenvalue weighted by Crippen LogP contribution is -2.53. The molecule has 0 aromatic rings. The Morgan fingerprint density at radius 2 is 1.69 bits per heavy atom. The summed E-state index contributed by atoms with van der Waals surface area (Å²) in [5.74, 6) is -16.5. The Balaban J connectivity index is 4.65. The third-order valence-corrected chi connectivity index (χ3v) is 1.65. The predicted molar refractivity (Wildman–Crippen MR) is 43.4 cm³/mol. The molecule has 4 nitrogen and oxygen atoms in total. The average Bonchev–Trinajstić information content (AvgIpc) is 2.17. The van der Waals surface area contributed by atoms with Gasteiger partial charge in [0, 0.05) is 0 Å². The molecular weight excluding hydrogens is 236 g/mol. The van der Waals surface area contributed by atoms with Gasteiger partial charge in [-0.05, 0) is 6.42 Å². The van der Waals surface area contributed by atoms with Crippen molar-refractivity contribution < 1.29 is 37.0 Å². The summed E-state index contributed by atoms with van der Waals surface area (Å²) in [5.41, 5.74) is 0. The molecule has 8 heteroatoms. The maximum absolute atomic E-state index is 12.7. The summed E-state index contributed by atoms with van der Waals surface area (Å²) in [6.45, 7) is 1.21. The third-order valence-electron chi connectivity index (χ3n) is 1.65. The molecule has 16 heavy (non-hydrogen) atoms. The summed E-state index contributed by atoms with van der Waals surface area (Å²) in [6.07, 6.45) is 0.731. The molecule has 0 aromatic carbocycles. The quantitative estimate of drug-likeness (QED) is 0.440. The second-order valence-electron chi connectivity index (χ2n) is 2.94. The van der Waals surface area contributed by atoms with Crippen molar-refractivity contribution in [1.29, 1.82) is 0 Å².